The molecule has 6 nitrogen and oxygen atoms in total. The predicted octanol–water partition coefficient (Wildman–Crippen LogP) is 3.79. The van der Waals surface area contributed by atoms with Gasteiger partial charge in [0.05, 0.1) is 11.3 Å². The van der Waals surface area contributed by atoms with E-state index in [4.69, 9.17) is 11.1 Å². The Morgan fingerprint density at radius 1 is 1.06 bits per heavy atom. The first-order valence-electron chi connectivity index (χ1n) is 11.0. The van der Waals surface area contributed by atoms with Crippen LogP contribution in [0.3, 0.4) is 0 Å². The first-order valence-corrected chi connectivity index (χ1v) is 11.0. The topological polar surface area (TPSA) is 99.7 Å². The Labute approximate surface area is 183 Å². The molecular weight excluding hydrogens is 384 g/mol. The van der Waals surface area contributed by atoms with Crippen LogP contribution in [0.2, 0.25) is 0 Å². The van der Waals surface area contributed by atoms with Crippen molar-refractivity contribution in [2.24, 2.45) is 0 Å². The number of nitrogens with one attached hydrogen (secondary N) is 3. The summed E-state index contributed by atoms with van der Waals surface area (Å²) in [5.74, 6) is 0.975. The molecule has 160 valence electrons. The molecule has 31 heavy (non-hydrogen) atoms. The molecule has 0 spiro atoms. The van der Waals surface area contributed by atoms with Crippen LogP contribution < -0.4 is 16.4 Å². The van der Waals surface area contributed by atoms with Crippen molar-refractivity contribution in [2.75, 3.05) is 24.1 Å². The second-order valence-electron chi connectivity index (χ2n) is 8.02. The zero-order valence-electron chi connectivity index (χ0n) is 18.0. The van der Waals surface area contributed by atoms with E-state index in [0.717, 1.165) is 44.3 Å². The smallest absolute Gasteiger partial charge is 0.141 e. The van der Waals surface area contributed by atoms with Gasteiger partial charge in [-0.3, -0.25) is 5.41 Å². The largest absolute Gasteiger partial charge is 0.383 e. The molecule has 0 aliphatic carbocycles. The summed E-state index contributed by atoms with van der Waals surface area (Å²) in [6.45, 7) is 4.15. The molecule has 1 fully saturated rings. The van der Waals surface area contributed by atoms with Crippen molar-refractivity contribution < 1.29 is 0 Å². The van der Waals surface area contributed by atoms with Crippen molar-refractivity contribution in [2.45, 2.75) is 38.6 Å². The van der Waals surface area contributed by atoms with Crippen molar-refractivity contribution in [3.8, 4) is 0 Å². The normalized spacial score (nSPS) is 14.4. The molecule has 1 aliphatic heterocycles. The number of hydrogen-bond donors (Lipinski definition) is 4. The van der Waals surface area contributed by atoms with Crippen LogP contribution in [0.25, 0.3) is 0 Å². The zero-order chi connectivity index (χ0) is 21.6. The van der Waals surface area contributed by atoms with E-state index in [1.165, 1.54) is 23.0 Å². The third-order valence-corrected chi connectivity index (χ3v) is 5.94. The monoisotopic (exact) mass is 414 g/mol. The summed E-state index contributed by atoms with van der Waals surface area (Å²) in [5, 5.41) is 15.7. The number of nitrogens with zero attached hydrogens (tertiary/aromatic N) is 2. The molecule has 4 rings (SSSR count). The van der Waals surface area contributed by atoms with Gasteiger partial charge in [0.25, 0.3) is 0 Å². The van der Waals surface area contributed by atoms with Gasteiger partial charge >= 0.3 is 0 Å². The molecule has 1 saturated heterocycles. The van der Waals surface area contributed by atoms with E-state index >= 15 is 0 Å². The Morgan fingerprint density at radius 3 is 2.48 bits per heavy atom. The fourth-order valence-corrected chi connectivity index (χ4v) is 4.14. The maximum Gasteiger partial charge on any atom is 0.141 e. The average Bonchev–Trinajstić information content (AvgIpc) is 2.80. The third-order valence-electron chi connectivity index (χ3n) is 5.94. The van der Waals surface area contributed by atoms with Gasteiger partial charge in [-0.15, -0.1) is 0 Å². The zero-order valence-corrected chi connectivity index (χ0v) is 18.0. The highest BCUT2D eigenvalue weighted by Crippen LogP contribution is 2.24. The summed E-state index contributed by atoms with van der Waals surface area (Å²) in [4.78, 5) is 8.55. The minimum atomic E-state index is 0.322. The van der Waals surface area contributed by atoms with Gasteiger partial charge in [-0.05, 0) is 55.5 Å². The highest BCUT2D eigenvalue weighted by molar-refractivity contribution is 6.16. The molecule has 6 heteroatoms. The number of hydrogen-bond acceptors (Lipinski definition) is 6. The average molecular weight is 415 g/mol. The van der Waals surface area contributed by atoms with Crippen molar-refractivity contribution in [3.63, 3.8) is 0 Å². The Kier molecular flexibility index (Phi) is 6.57. The molecule has 1 aromatic heterocycles. The molecule has 0 amide bonds. The summed E-state index contributed by atoms with van der Waals surface area (Å²) >= 11 is 0. The van der Waals surface area contributed by atoms with Crippen LogP contribution in [0.4, 0.5) is 11.6 Å². The number of aromatic nitrogens is 2. The molecule has 1 aliphatic rings. The number of anilines is 2. The lowest BCUT2D eigenvalue weighted by Gasteiger charge is -2.25. The van der Waals surface area contributed by atoms with Crippen molar-refractivity contribution >= 4 is 17.3 Å². The summed E-state index contributed by atoms with van der Waals surface area (Å²) in [6, 6.07) is 17.1. The van der Waals surface area contributed by atoms with Crippen LogP contribution in [0.5, 0.6) is 0 Å². The van der Waals surface area contributed by atoms with Gasteiger partial charge < -0.3 is 16.4 Å². The lowest BCUT2D eigenvalue weighted by molar-refractivity contribution is 0.478. The molecular formula is C25H30N6. The Bertz CT molecular complexity index is 1040. The minimum Gasteiger partial charge on any atom is -0.383 e. The van der Waals surface area contributed by atoms with Gasteiger partial charge in [-0.2, -0.15) is 0 Å². The van der Waals surface area contributed by atoms with Crippen LogP contribution in [-0.2, 0) is 12.8 Å². The fourth-order valence-electron chi connectivity index (χ4n) is 4.14. The Morgan fingerprint density at radius 2 is 1.77 bits per heavy atom. The summed E-state index contributed by atoms with van der Waals surface area (Å²) < 4.78 is 0. The Hall–Kier alpha value is -3.25. The molecule has 0 bridgehead atoms. The number of rotatable bonds is 7. The molecule has 0 saturated carbocycles. The van der Waals surface area contributed by atoms with Gasteiger partial charge in [0.15, 0.2) is 0 Å². The lowest BCUT2D eigenvalue weighted by atomic mass is 9.96. The number of piperidine rings is 1. The van der Waals surface area contributed by atoms with Crippen LogP contribution in [0.15, 0.2) is 54.9 Å². The van der Waals surface area contributed by atoms with E-state index in [0.29, 0.717) is 29.0 Å². The molecule has 2 aromatic carbocycles. The van der Waals surface area contributed by atoms with Crippen LogP contribution in [0.1, 0.15) is 47.6 Å². The lowest BCUT2D eigenvalue weighted by Crippen LogP contribution is -2.36. The standard InChI is InChI=1S/C25H30N6/c1-2-18-5-3-4-6-20(18)15-17-7-9-19(10-8-17)23(26)22-24(27)29-16-30-25(22)31-21-11-13-28-14-12-21/h3-10,16,21,26,28H,2,11-15H2,1H3,(H3,27,29,30,31). The number of aryl methyl sites for hydroxylation is 1. The SMILES string of the molecule is CCc1ccccc1Cc1ccc(C(=N)c2c(N)ncnc2NC2CCNCC2)cc1. The van der Waals surface area contributed by atoms with Gasteiger partial charge in [-0.1, -0.05) is 55.5 Å². The second kappa shape index (κ2) is 9.71. The maximum absolute atomic E-state index is 8.81. The van der Waals surface area contributed by atoms with Crippen molar-refractivity contribution in [3.05, 3.63) is 82.7 Å². The number of benzene rings is 2. The molecule has 0 radical (unpaired) electrons. The number of nitrogen functional groups attached to an aromatic ring is 1. The first-order chi connectivity index (χ1) is 15.2. The maximum atomic E-state index is 8.81. The summed E-state index contributed by atoms with van der Waals surface area (Å²) in [7, 11) is 0. The highest BCUT2D eigenvalue weighted by Gasteiger charge is 2.20. The molecule has 3 aromatic rings. The van der Waals surface area contributed by atoms with Crippen LogP contribution in [0, 0.1) is 5.41 Å². The van der Waals surface area contributed by atoms with Gasteiger partial charge in [0, 0.05) is 11.6 Å². The summed E-state index contributed by atoms with van der Waals surface area (Å²) in [5.41, 5.74) is 11.9. The predicted molar refractivity (Wildman–Crippen MR) is 127 cm³/mol. The summed E-state index contributed by atoms with van der Waals surface area (Å²) in [6.07, 6.45) is 5.41. The third kappa shape index (κ3) is 4.91. The molecule has 0 unspecified atom stereocenters. The molecule has 5 N–H and O–H groups in total. The first kappa shape index (κ1) is 21.0. The minimum absolute atomic E-state index is 0.322. The van der Waals surface area contributed by atoms with Gasteiger partial charge in [-0.25, -0.2) is 9.97 Å². The van der Waals surface area contributed by atoms with E-state index in [1.807, 2.05) is 12.1 Å². The van der Waals surface area contributed by atoms with E-state index in [-0.39, 0.29) is 0 Å². The van der Waals surface area contributed by atoms with E-state index in [9.17, 15) is 0 Å². The van der Waals surface area contributed by atoms with Gasteiger partial charge in [0.2, 0.25) is 0 Å². The van der Waals surface area contributed by atoms with E-state index in [2.05, 4.69) is 63.9 Å². The second-order valence-corrected chi connectivity index (χ2v) is 8.02. The number of nitrogens with two attached hydrogens (primary N) is 1. The van der Waals surface area contributed by atoms with E-state index < -0.39 is 0 Å². The quantitative estimate of drug-likeness (QED) is 0.441. The van der Waals surface area contributed by atoms with Crippen molar-refractivity contribution in [1.29, 1.82) is 5.41 Å². The van der Waals surface area contributed by atoms with E-state index in [1.54, 1.807) is 0 Å². The van der Waals surface area contributed by atoms with Crippen LogP contribution in [-0.4, -0.2) is 34.8 Å². The van der Waals surface area contributed by atoms with Gasteiger partial charge in [0.1, 0.15) is 18.0 Å². The van der Waals surface area contributed by atoms with Crippen LogP contribution >= 0.6 is 0 Å². The fraction of sp³-hybridized carbons (Fsp3) is 0.320. The molecule has 0 atom stereocenters. The Balaban J connectivity index is 1.54. The highest BCUT2D eigenvalue weighted by atomic mass is 15.1. The molecule has 2 heterocycles. The van der Waals surface area contributed by atoms with Crippen molar-refractivity contribution in [1.82, 2.24) is 15.3 Å².